The molecule has 40 heavy (non-hydrogen) atoms. The van der Waals surface area contributed by atoms with Gasteiger partial charge >= 0.3 is 12.1 Å². The van der Waals surface area contributed by atoms with Crippen LogP contribution in [-0.4, -0.2) is 60.9 Å². The number of rotatable bonds is 6. The number of pyridine rings is 1. The number of carboxylic acid groups (broad SMARTS) is 1. The van der Waals surface area contributed by atoms with Crippen molar-refractivity contribution in [3.63, 3.8) is 0 Å². The summed E-state index contributed by atoms with van der Waals surface area (Å²) >= 11 is 0. The van der Waals surface area contributed by atoms with Gasteiger partial charge in [-0.25, -0.2) is 18.2 Å². The highest BCUT2D eigenvalue weighted by Gasteiger charge is 2.33. The Balaban J connectivity index is 1.27. The maximum atomic E-state index is 13.3. The summed E-state index contributed by atoms with van der Waals surface area (Å²) < 4.78 is 66.1. The number of hydrogen-bond acceptors (Lipinski definition) is 6. The molecule has 3 aromatic rings. The Bertz CT molecular complexity index is 1570. The van der Waals surface area contributed by atoms with E-state index in [2.05, 4.69) is 10.3 Å². The van der Waals surface area contributed by atoms with E-state index in [1.165, 1.54) is 40.5 Å². The van der Waals surface area contributed by atoms with Gasteiger partial charge < -0.3 is 15.3 Å². The Morgan fingerprint density at radius 1 is 1.05 bits per heavy atom. The number of aromatic nitrogens is 1. The van der Waals surface area contributed by atoms with Gasteiger partial charge in [-0.2, -0.15) is 17.5 Å². The molecule has 2 aromatic carbocycles. The Hall–Kier alpha value is -3.97. The van der Waals surface area contributed by atoms with Crippen LogP contribution in [0.3, 0.4) is 0 Å². The number of hydrogen-bond donors (Lipinski definition) is 2. The summed E-state index contributed by atoms with van der Waals surface area (Å²) in [6, 6.07) is 11.4. The van der Waals surface area contributed by atoms with Crippen LogP contribution < -0.4 is 10.2 Å². The minimum absolute atomic E-state index is 0.000485. The maximum Gasteiger partial charge on any atom is 0.417 e. The molecule has 0 unspecified atom stereocenters. The second-order valence-corrected chi connectivity index (χ2v) is 11.7. The van der Waals surface area contributed by atoms with E-state index in [0.29, 0.717) is 41.0 Å². The number of amides is 1. The summed E-state index contributed by atoms with van der Waals surface area (Å²) in [6.07, 6.45) is -2.73. The number of nitrogens with zero attached hydrogens (tertiary/aromatic N) is 3. The molecular formula is C27H25F3N4O5S. The molecule has 2 aliphatic rings. The van der Waals surface area contributed by atoms with Gasteiger partial charge in [-0.15, -0.1) is 0 Å². The maximum absolute atomic E-state index is 13.3. The molecule has 0 spiro atoms. The van der Waals surface area contributed by atoms with Gasteiger partial charge in [0.15, 0.2) is 0 Å². The number of anilines is 2. The average Bonchev–Trinajstić information content (AvgIpc) is 3.21. The Morgan fingerprint density at radius 2 is 1.73 bits per heavy atom. The number of carbonyl (C=O) groups excluding carboxylic acids is 1. The zero-order chi connectivity index (χ0) is 28.8. The third-order valence-corrected chi connectivity index (χ3v) is 9.11. The molecule has 9 nitrogen and oxygen atoms in total. The van der Waals surface area contributed by atoms with Gasteiger partial charge in [-0.05, 0) is 65.9 Å². The summed E-state index contributed by atoms with van der Waals surface area (Å²) in [6.45, 7) is 0.438. The van der Waals surface area contributed by atoms with Crippen LogP contribution in [0.15, 0.2) is 59.6 Å². The van der Waals surface area contributed by atoms with Crippen LogP contribution in [0.2, 0.25) is 0 Å². The van der Waals surface area contributed by atoms with Gasteiger partial charge in [0.2, 0.25) is 15.9 Å². The van der Waals surface area contributed by atoms with Crippen LogP contribution in [0.5, 0.6) is 0 Å². The molecule has 1 fully saturated rings. The molecule has 210 valence electrons. The molecule has 0 aliphatic carbocycles. The largest absolute Gasteiger partial charge is 0.478 e. The van der Waals surface area contributed by atoms with Crippen LogP contribution in [0, 0.1) is 0 Å². The average molecular weight is 575 g/mol. The lowest BCUT2D eigenvalue weighted by atomic mass is 9.98. The number of piperidine rings is 1. The molecule has 13 heteroatoms. The van der Waals surface area contributed by atoms with Crippen LogP contribution >= 0.6 is 0 Å². The second-order valence-electron chi connectivity index (χ2n) is 9.74. The number of nitrogens with one attached hydrogen (secondary N) is 1. The Labute approximate surface area is 228 Å². The summed E-state index contributed by atoms with van der Waals surface area (Å²) in [5, 5.41) is 12.8. The number of carbonyl (C=O) groups is 2. The highest BCUT2D eigenvalue weighted by atomic mass is 32.2. The molecule has 2 N–H and O–H groups in total. The lowest BCUT2D eigenvalue weighted by Gasteiger charge is -2.32. The highest BCUT2D eigenvalue weighted by molar-refractivity contribution is 7.89. The molecule has 0 atom stereocenters. The van der Waals surface area contributed by atoms with Crippen molar-refractivity contribution >= 4 is 33.4 Å². The van der Waals surface area contributed by atoms with Crippen LogP contribution in [-0.2, 0) is 27.4 Å². The van der Waals surface area contributed by atoms with Gasteiger partial charge in [-0.1, -0.05) is 12.1 Å². The van der Waals surface area contributed by atoms with Gasteiger partial charge in [0.1, 0.15) is 5.82 Å². The van der Waals surface area contributed by atoms with Gasteiger partial charge in [0.05, 0.1) is 28.1 Å². The fourth-order valence-electron chi connectivity index (χ4n) is 5.03. The number of carboxylic acids is 1. The van der Waals surface area contributed by atoms with Gasteiger partial charge in [0, 0.05) is 32.4 Å². The highest BCUT2D eigenvalue weighted by Crippen LogP contribution is 2.36. The van der Waals surface area contributed by atoms with Crippen molar-refractivity contribution in [2.45, 2.75) is 36.4 Å². The molecule has 0 radical (unpaired) electrons. The molecule has 1 saturated heterocycles. The Kier molecular flexibility index (Phi) is 7.04. The number of aromatic carboxylic acids is 1. The van der Waals surface area contributed by atoms with E-state index in [4.69, 9.17) is 0 Å². The van der Waals surface area contributed by atoms with E-state index in [-0.39, 0.29) is 41.9 Å². The smallest absolute Gasteiger partial charge is 0.417 e. The Morgan fingerprint density at radius 3 is 2.30 bits per heavy atom. The normalized spacial score (nSPS) is 16.7. The first-order valence-corrected chi connectivity index (χ1v) is 13.9. The second kappa shape index (κ2) is 10.2. The van der Waals surface area contributed by atoms with E-state index >= 15 is 0 Å². The quantitative estimate of drug-likeness (QED) is 0.452. The number of likely N-dealkylation sites (N-methyl/N-ethyl adjacent to an activating group) is 1. The van der Waals surface area contributed by atoms with Crippen molar-refractivity contribution < 1.29 is 36.3 Å². The van der Waals surface area contributed by atoms with E-state index in [9.17, 15) is 36.3 Å². The number of benzene rings is 2. The van der Waals surface area contributed by atoms with E-state index in [1.54, 1.807) is 18.2 Å². The third kappa shape index (κ3) is 5.26. The number of alkyl halides is 3. The molecule has 3 heterocycles. The van der Waals surface area contributed by atoms with Crippen LogP contribution in [0.4, 0.5) is 24.7 Å². The molecule has 1 amide bonds. The van der Waals surface area contributed by atoms with Gasteiger partial charge in [-0.3, -0.25) is 4.79 Å². The van der Waals surface area contributed by atoms with Crippen molar-refractivity contribution in [3.8, 4) is 11.1 Å². The minimum atomic E-state index is -4.47. The first kappa shape index (κ1) is 27.6. The van der Waals surface area contributed by atoms with E-state index in [1.807, 2.05) is 0 Å². The lowest BCUT2D eigenvalue weighted by Crippen LogP contribution is -2.42. The fourth-order valence-corrected chi connectivity index (χ4v) is 6.50. The predicted molar refractivity (Wildman–Crippen MR) is 141 cm³/mol. The molecule has 1 aromatic heterocycles. The molecule has 5 rings (SSSR count). The summed E-state index contributed by atoms with van der Waals surface area (Å²) in [5.41, 5.74) is 1.30. The monoisotopic (exact) mass is 574 g/mol. The zero-order valence-corrected chi connectivity index (χ0v) is 22.1. The zero-order valence-electron chi connectivity index (χ0n) is 21.3. The first-order valence-electron chi connectivity index (χ1n) is 12.4. The SMILES string of the molecule is CN1C(=O)Cc2cc(-c3ccc(S(=O)(=O)N4CCC(Nc5ccc(C(F)(F)F)cn5)CC4)cc3)cc(C(=O)O)c21. The van der Waals surface area contributed by atoms with Crippen molar-refractivity contribution in [3.05, 3.63) is 71.4 Å². The van der Waals surface area contributed by atoms with Crippen molar-refractivity contribution in [2.75, 3.05) is 30.4 Å². The third-order valence-electron chi connectivity index (χ3n) is 7.19. The lowest BCUT2D eigenvalue weighted by molar-refractivity contribution is -0.137. The summed E-state index contributed by atoms with van der Waals surface area (Å²) in [7, 11) is -2.27. The van der Waals surface area contributed by atoms with E-state index in [0.717, 1.165) is 12.3 Å². The standard InChI is InChI=1S/C27H25F3N4O5S/c1-33-24(35)14-18-12-17(13-22(25(18)33)26(36)37)16-2-5-21(6-3-16)40(38,39)34-10-8-20(9-11-34)32-23-7-4-19(15-31-23)27(28,29)30/h2-7,12-13,15,20H,8-11,14H2,1H3,(H,31,32)(H,36,37). The van der Waals surface area contributed by atoms with Crippen molar-refractivity contribution in [1.29, 1.82) is 0 Å². The van der Waals surface area contributed by atoms with Crippen LogP contribution in [0.1, 0.15) is 34.3 Å². The van der Waals surface area contributed by atoms with Crippen molar-refractivity contribution in [1.82, 2.24) is 9.29 Å². The molecular weight excluding hydrogens is 549 g/mol. The first-order chi connectivity index (χ1) is 18.8. The number of sulfonamides is 1. The summed E-state index contributed by atoms with van der Waals surface area (Å²) in [4.78, 5) is 29.2. The molecule has 0 bridgehead atoms. The van der Waals surface area contributed by atoms with Crippen molar-refractivity contribution in [2.24, 2.45) is 0 Å². The van der Waals surface area contributed by atoms with E-state index < -0.39 is 27.7 Å². The minimum Gasteiger partial charge on any atom is -0.478 e. The number of fused-ring (bicyclic) bond motifs is 1. The summed E-state index contributed by atoms with van der Waals surface area (Å²) in [5.74, 6) is -1.07. The molecule has 0 saturated carbocycles. The number of halogens is 3. The topological polar surface area (TPSA) is 120 Å². The molecule has 2 aliphatic heterocycles. The van der Waals surface area contributed by atoms with Crippen LogP contribution in [0.25, 0.3) is 11.1 Å². The van der Waals surface area contributed by atoms with Gasteiger partial charge in [0.25, 0.3) is 0 Å². The fraction of sp³-hybridized carbons (Fsp3) is 0.296. The predicted octanol–water partition coefficient (Wildman–Crippen LogP) is 4.25.